The molecule has 27 heavy (non-hydrogen) atoms. The molecular weight excluding hydrogens is 362 g/mol. The van der Waals surface area contributed by atoms with Gasteiger partial charge in [0.05, 0.1) is 11.1 Å². The third kappa shape index (κ3) is 4.30. The van der Waals surface area contributed by atoms with Crippen LogP contribution in [0.5, 0.6) is 0 Å². The fourth-order valence-corrected chi connectivity index (χ4v) is 3.47. The average Bonchev–Trinajstić information content (AvgIpc) is 2.63. The lowest BCUT2D eigenvalue weighted by Crippen LogP contribution is -2.40. The molecule has 1 saturated heterocycles. The zero-order chi connectivity index (χ0) is 19.7. The van der Waals surface area contributed by atoms with Gasteiger partial charge in [-0.2, -0.15) is 13.2 Å². The SMILES string of the molecule is O=C(O)c1ccc(CN2CCC(F)(c3ccccc3C(F)(F)F)CC2)cc1. The van der Waals surface area contributed by atoms with Crippen molar-refractivity contribution < 1.29 is 27.5 Å². The second kappa shape index (κ2) is 7.31. The van der Waals surface area contributed by atoms with Crippen LogP contribution in [0.1, 0.15) is 39.9 Å². The van der Waals surface area contributed by atoms with Crippen LogP contribution in [0.15, 0.2) is 48.5 Å². The van der Waals surface area contributed by atoms with Gasteiger partial charge in [-0.1, -0.05) is 30.3 Å². The molecule has 1 fully saturated rings. The monoisotopic (exact) mass is 381 g/mol. The molecule has 3 rings (SSSR count). The molecule has 3 nitrogen and oxygen atoms in total. The van der Waals surface area contributed by atoms with E-state index in [0.29, 0.717) is 19.6 Å². The molecule has 2 aromatic rings. The van der Waals surface area contributed by atoms with Gasteiger partial charge in [0, 0.05) is 25.2 Å². The number of piperidine rings is 1. The Bertz CT molecular complexity index is 809. The van der Waals surface area contributed by atoms with E-state index in [1.807, 2.05) is 4.90 Å². The molecule has 0 atom stereocenters. The molecule has 0 amide bonds. The lowest BCUT2D eigenvalue weighted by molar-refractivity contribution is -0.140. The van der Waals surface area contributed by atoms with E-state index in [0.717, 1.165) is 11.6 Å². The summed E-state index contributed by atoms with van der Waals surface area (Å²) in [5, 5.41) is 8.91. The zero-order valence-corrected chi connectivity index (χ0v) is 14.5. The molecule has 0 spiro atoms. The summed E-state index contributed by atoms with van der Waals surface area (Å²) >= 11 is 0. The van der Waals surface area contributed by atoms with Crippen molar-refractivity contribution in [1.29, 1.82) is 0 Å². The molecule has 1 N–H and O–H groups in total. The van der Waals surface area contributed by atoms with Crippen molar-refractivity contribution in [3.63, 3.8) is 0 Å². The quantitative estimate of drug-likeness (QED) is 0.769. The first-order valence-corrected chi connectivity index (χ1v) is 8.59. The maximum absolute atomic E-state index is 15.4. The predicted molar refractivity (Wildman–Crippen MR) is 92.1 cm³/mol. The Morgan fingerprint density at radius 3 is 2.19 bits per heavy atom. The van der Waals surface area contributed by atoms with Crippen LogP contribution >= 0.6 is 0 Å². The Balaban J connectivity index is 1.69. The second-order valence-electron chi connectivity index (χ2n) is 6.79. The third-order valence-corrected chi connectivity index (χ3v) is 4.97. The number of likely N-dealkylation sites (tertiary alicyclic amines) is 1. The number of benzene rings is 2. The Morgan fingerprint density at radius 1 is 1.04 bits per heavy atom. The summed E-state index contributed by atoms with van der Waals surface area (Å²) in [5.41, 5.74) is -2.14. The number of rotatable bonds is 4. The van der Waals surface area contributed by atoms with E-state index in [-0.39, 0.29) is 24.0 Å². The minimum atomic E-state index is -4.58. The van der Waals surface area contributed by atoms with Crippen LogP contribution < -0.4 is 0 Å². The van der Waals surface area contributed by atoms with Crippen LogP contribution in [0.25, 0.3) is 0 Å². The highest BCUT2D eigenvalue weighted by atomic mass is 19.4. The molecule has 0 aliphatic carbocycles. The van der Waals surface area contributed by atoms with Crippen LogP contribution in [0.3, 0.4) is 0 Å². The lowest BCUT2D eigenvalue weighted by atomic mass is 9.83. The predicted octanol–water partition coefficient (Wildman–Crippen LogP) is 4.86. The number of carboxylic acids is 1. The minimum Gasteiger partial charge on any atom is -0.478 e. The van der Waals surface area contributed by atoms with E-state index in [4.69, 9.17) is 5.11 Å². The van der Waals surface area contributed by atoms with E-state index in [9.17, 15) is 18.0 Å². The summed E-state index contributed by atoms with van der Waals surface area (Å²) in [6, 6.07) is 11.2. The second-order valence-corrected chi connectivity index (χ2v) is 6.79. The number of alkyl halides is 4. The number of carbonyl (C=O) groups is 1. The molecule has 1 aliphatic heterocycles. The van der Waals surface area contributed by atoms with Crippen molar-refractivity contribution in [3.8, 4) is 0 Å². The Morgan fingerprint density at radius 2 is 1.63 bits per heavy atom. The van der Waals surface area contributed by atoms with Crippen LogP contribution in [0.2, 0.25) is 0 Å². The summed E-state index contributed by atoms with van der Waals surface area (Å²) in [5.74, 6) is -1.01. The third-order valence-electron chi connectivity index (χ3n) is 4.97. The smallest absolute Gasteiger partial charge is 0.416 e. The molecule has 7 heteroatoms. The molecule has 0 saturated carbocycles. The Labute approximate surface area is 154 Å². The topological polar surface area (TPSA) is 40.5 Å². The van der Waals surface area contributed by atoms with E-state index in [2.05, 4.69) is 0 Å². The van der Waals surface area contributed by atoms with E-state index in [1.165, 1.54) is 30.3 Å². The molecule has 0 aromatic heterocycles. The molecule has 0 unspecified atom stereocenters. The first kappa shape index (κ1) is 19.4. The van der Waals surface area contributed by atoms with Gasteiger partial charge < -0.3 is 5.11 Å². The van der Waals surface area contributed by atoms with Gasteiger partial charge in [-0.25, -0.2) is 9.18 Å². The van der Waals surface area contributed by atoms with Crippen LogP contribution in [0, 0.1) is 0 Å². The van der Waals surface area contributed by atoms with Crippen LogP contribution in [-0.4, -0.2) is 29.1 Å². The summed E-state index contributed by atoms with van der Waals surface area (Å²) in [7, 11) is 0. The Kier molecular flexibility index (Phi) is 5.24. The number of hydrogen-bond acceptors (Lipinski definition) is 2. The van der Waals surface area contributed by atoms with Crippen molar-refractivity contribution in [2.75, 3.05) is 13.1 Å². The molecule has 1 heterocycles. The van der Waals surface area contributed by atoms with E-state index in [1.54, 1.807) is 12.1 Å². The van der Waals surface area contributed by atoms with Crippen molar-refractivity contribution in [2.24, 2.45) is 0 Å². The summed E-state index contributed by atoms with van der Waals surface area (Å²) in [4.78, 5) is 12.8. The summed E-state index contributed by atoms with van der Waals surface area (Å²) < 4.78 is 55.0. The van der Waals surface area contributed by atoms with Gasteiger partial charge in [0.25, 0.3) is 0 Å². The van der Waals surface area contributed by atoms with Crippen LogP contribution in [-0.2, 0) is 18.4 Å². The molecule has 1 aliphatic rings. The highest BCUT2D eigenvalue weighted by molar-refractivity contribution is 5.87. The van der Waals surface area contributed by atoms with Crippen molar-refractivity contribution in [3.05, 3.63) is 70.8 Å². The van der Waals surface area contributed by atoms with Gasteiger partial charge >= 0.3 is 12.1 Å². The standard InChI is InChI=1S/C20H19F4NO2/c21-19(16-3-1-2-4-17(16)20(22,23)24)9-11-25(12-10-19)13-14-5-7-15(8-6-14)18(26)27/h1-8H,9-13H2,(H,26,27). The van der Waals surface area contributed by atoms with Gasteiger partial charge in [0.1, 0.15) is 5.67 Å². The fourth-order valence-electron chi connectivity index (χ4n) is 3.47. The number of nitrogens with zero attached hydrogens (tertiary/aromatic N) is 1. The zero-order valence-electron chi connectivity index (χ0n) is 14.5. The highest BCUT2D eigenvalue weighted by Crippen LogP contribution is 2.43. The van der Waals surface area contributed by atoms with Gasteiger partial charge in [-0.15, -0.1) is 0 Å². The van der Waals surface area contributed by atoms with E-state index >= 15 is 4.39 Å². The number of halogens is 4. The van der Waals surface area contributed by atoms with Crippen molar-refractivity contribution in [2.45, 2.75) is 31.2 Å². The van der Waals surface area contributed by atoms with Gasteiger partial charge in [0.2, 0.25) is 0 Å². The first-order valence-electron chi connectivity index (χ1n) is 8.59. The number of hydrogen-bond donors (Lipinski definition) is 1. The molecule has 2 aromatic carbocycles. The van der Waals surface area contributed by atoms with Gasteiger partial charge in [-0.05, 0) is 36.6 Å². The maximum Gasteiger partial charge on any atom is 0.416 e. The lowest BCUT2D eigenvalue weighted by Gasteiger charge is -2.37. The largest absolute Gasteiger partial charge is 0.478 e. The summed E-state index contributed by atoms with van der Waals surface area (Å²) in [6.45, 7) is 1.14. The average molecular weight is 381 g/mol. The first-order chi connectivity index (χ1) is 12.7. The molecule has 144 valence electrons. The fraction of sp³-hybridized carbons (Fsp3) is 0.350. The molecular formula is C20H19F4NO2. The highest BCUT2D eigenvalue weighted by Gasteiger charge is 2.43. The maximum atomic E-state index is 15.4. The number of aromatic carboxylic acids is 1. The number of carboxylic acid groups (broad SMARTS) is 1. The van der Waals surface area contributed by atoms with Crippen molar-refractivity contribution in [1.82, 2.24) is 4.90 Å². The minimum absolute atomic E-state index is 0.0205. The Hall–Kier alpha value is -2.41. The summed E-state index contributed by atoms with van der Waals surface area (Å²) in [6.07, 6.45) is -4.63. The van der Waals surface area contributed by atoms with E-state index < -0.39 is 23.4 Å². The van der Waals surface area contributed by atoms with Crippen molar-refractivity contribution >= 4 is 5.97 Å². The van der Waals surface area contributed by atoms with Crippen LogP contribution in [0.4, 0.5) is 17.6 Å². The molecule has 0 bridgehead atoms. The normalized spacial score (nSPS) is 17.6. The van der Waals surface area contributed by atoms with Gasteiger partial charge in [-0.3, -0.25) is 4.90 Å². The molecule has 0 radical (unpaired) electrons. The van der Waals surface area contributed by atoms with Gasteiger partial charge in [0.15, 0.2) is 0 Å².